The van der Waals surface area contributed by atoms with Crippen LogP contribution in [0, 0.1) is 0 Å². The van der Waals surface area contributed by atoms with Gasteiger partial charge in [0.15, 0.2) is 0 Å². The lowest BCUT2D eigenvalue weighted by atomic mass is 10.3. The van der Waals surface area contributed by atoms with Crippen molar-refractivity contribution in [1.82, 2.24) is 0 Å². The van der Waals surface area contributed by atoms with E-state index in [1.807, 2.05) is 0 Å². The zero-order valence-corrected chi connectivity index (χ0v) is 12.5. The van der Waals surface area contributed by atoms with Crippen LogP contribution in [0.1, 0.15) is 30.4 Å². The van der Waals surface area contributed by atoms with Gasteiger partial charge in [0.25, 0.3) is 0 Å². The number of hydrogen-bond donors (Lipinski definition) is 0. The monoisotopic (exact) mass is 292 g/mol. The lowest BCUT2D eigenvalue weighted by Gasteiger charge is -2.03. The normalized spacial score (nSPS) is 11.9. The molecule has 0 spiro atoms. The molecule has 1 rings (SSSR count). The van der Waals surface area contributed by atoms with Gasteiger partial charge >= 0.3 is 11.9 Å². The summed E-state index contributed by atoms with van der Waals surface area (Å²) >= 11 is 1.31. The second-order valence-electron chi connectivity index (χ2n) is 4.09. The third kappa shape index (κ3) is 5.24. The van der Waals surface area contributed by atoms with Gasteiger partial charge in [-0.15, -0.1) is 11.3 Å². The Balaban J connectivity index is 2.58. The van der Waals surface area contributed by atoms with E-state index in [0.717, 1.165) is 0 Å². The van der Waals surface area contributed by atoms with Crippen LogP contribution in [0.5, 0.6) is 0 Å². The summed E-state index contributed by atoms with van der Waals surface area (Å²) in [5.74, 6) is -0.0854. The minimum absolute atomic E-state index is 0.322. The first-order valence-corrected chi connectivity index (χ1v) is 6.76. The van der Waals surface area contributed by atoms with Crippen LogP contribution < -0.4 is 0 Å². The number of allylic oxidation sites excluding steroid dienone is 4. The lowest BCUT2D eigenvalue weighted by Crippen LogP contribution is -2.03. The number of carbonyl (C=O) groups is 2. The number of esters is 2. The molecule has 0 aliphatic rings. The average molecular weight is 292 g/mol. The van der Waals surface area contributed by atoms with Gasteiger partial charge < -0.3 is 9.47 Å². The summed E-state index contributed by atoms with van der Waals surface area (Å²) in [6.45, 7) is 8.33. The van der Waals surface area contributed by atoms with Gasteiger partial charge in [-0.2, -0.15) is 0 Å². The molecule has 0 N–H and O–H groups in total. The maximum atomic E-state index is 11.7. The van der Waals surface area contributed by atoms with E-state index in [1.54, 1.807) is 50.4 Å². The van der Waals surface area contributed by atoms with Crippen LogP contribution in [0.15, 0.2) is 53.3 Å². The van der Waals surface area contributed by atoms with Gasteiger partial charge in [-0.3, -0.25) is 0 Å². The van der Waals surface area contributed by atoms with Crippen molar-refractivity contribution in [2.24, 2.45) is 0 Å². The van der Waals surface area contributed by atoms with Crippen molar-refractivity contribution in [3.63, 3.8) is 0 Å². The number of thiophene rings is 1. The molecule has 0 fully saturated rings. The molecule has 0 amide bonds. The average Bonchev–Trinajstić information content (AvgIpc) is 2.90. The van der Waals surface area contributed by atoms with E-state index < -0.39 is 11.9 Å². The standard InChI is InChI=1S/C15H16O4S/c1-10(2)14(16)18-11(3)7-8-12(4)19-15(17)13-6-5-9-20-13/h5-9H,1H2,2-4H3/b11-7+,12-8+. The molecule has 1 aromatic rings. The molecule has 0 aromatic carbocycles. The molecule has 0 radical (unpaired) electrons. The summed E-state index contributed by atoms with van der Waals surface area (Å²) in [5, 5.41) is 1.80. The smallest absolute Gasteiger partial charge is 0.353 e. The third-order valence-electron chi connectivity index (χ3n) is 2.13. The number of rotatable bonds is 5. The molecule has 1 heterocycles. The summed E-state index contributed by atoms with van der Waals surface area (Å²) in [6, 6.07) is 3.47. The van der Waals surface area contributed by atoms with Crippen molar-refractivity contribution in [3.05, 3.63) is 58.2 Å². The predicted octanol–water partition coefficient (Wildman–Crippen LogP) is 3.83. The molecular formula is C15H16O4S. The van der Waals surface area contributed by atoms with Crippen LogP contribution in [0.3, 0.4) is 0 Å². The molecule has 20 heavy (non-hydrogen) atoms. The van der Waals surface area contributed by atoms with E-state index in [4.69, 9.17) is 9.47 Å². The highest BCUT2D eigenvalue weighted by atomic mass is 32.1. The zero-order chi connectivity index (χ0) is 15.1. The Morgan fingerprint density at radius 1 is 1.15 bits per heavy atom. The minimum Gasteiger partial charge on any atom is -0.428 e. The van der Waals surface area contributed by atoms with E-state index in [9.17, 15) is 9.59 Å². The second kappa shape index (κ2) is 7.45. The summed E-state index contributed by atoms with van der Waals surface area (Å²) < 4.78 is 10.1. The van der Waals surface area contributed by atoms with E-state index in [-0.39, 0.29) is 0 Å². The maximum absolute atomic E-state index is 11.7. The second-order valence-corrected chi connectivity index (χ2v) is 5.04. The maximum Gasteiger partial charge on any atom is 0.353 e. The van der Waals surface area contributed by atoms with Gasteiger partial charge in [0.2, 0.25) is 0 Å². The summed E-state index contributed by atoms with van der Waals surface area (Å²) in [7, 11) is 0. The Morgan fingerprint density at radius 3 is 2.25 bits per heavy atom. The van der Waals surface area contributed by atoms with Gasteiger partial charge in [0, 0.05) is 5.57 Å². The fraction of sp³-hybridized carbons (Fsp3) is 0.200. The Bertz CT molecular complexity index is 565. The highest BCUT2D eigenvalue weighted by Gasteiger charge is 2.08. The molecule has 106 valence electrons. The van der Waals surface area contributed by atoms with E-state index >= 15 is 0 Å². The van der Waals surface area contributed by atoms with Crippen LogP contribution in [-0.2, 0) is 14.3 Å². The van der Waals surface area contributed by atoms with E-state index in [0.29, 0.717) is 22.0 Å². The van der Waals surface area contributed by atoms with Gasteiger partial charge in [0.05, 0.1) is 0 Å². The highest BCUT2D eigenvalue weighted by molar-refractivity contribution is 7.11. The number of ether oxygens (including phenoxy) is 2. The van der Waals surface area contributed by atoms with Crippen molar-refractivity contribution < 1.29 is 19.1 Å². The third-order valence-corrected chi connectivity index (χ3v) is 2.98. The Morgan fingerprint density at radius 2 is 1.75 bits per heavy atom. The molecular weight excluding hydrogens is 276 g/mol. The van der Waals surface area contributed by atoms with Crippen LogP contribution in [-0.4, -0.2) is 11.9 Å². The molecule has 0 saturated carbocycles. The lowest BCUT2D eigenvalue weighted by molar-refractivity contribution is -0.134. The Kier molecular flexibility index (Phi) is 5.93. The van der Waals surface area contributed by atoms with E-state index in [1.165, 1.54) is 11.3 Å². The van der Waals surface area contributed by atoms with Gasteiger partial charge in [-0.25, -0.2) is 9.59 Å². The SMILES string of the molecule is C=C(C)C(=O)O/C(C)=C/C=C(\C)OC(=O)c1cccs1. The molecule has 0 unspecified atom stereocenters. The molecule has 4 nitrogen and oxygen atoms in total. The summed E-state index contributed by atoms with van der Waals surface area (Å²) in [5.41, 5.74) is 0.322. The minimum atomic E-state index is -0.486. The first kappa shape index (κ1) is 15.9. The van der Waals surface area contributed by atoms with Crippen LogP contribution in [0.2, 0.25) is 0 Å². The number of hydrogen-bond acceptors (Lipinski definition) is 5. The van der Waals surface area contributed by atoms with Gasteiger partial charge in [0.1, 0.15) is 16.4 Å². The largest absolute Gasteiger partial charge is 0.428 e. The Labute approximate surface area is 122 Å². The van der Waals surface area contributed by atoms with Gasteiger partial charge in [-0.1, -0.05) is 12.6 Å². The van der Waals surface area contributed by atoms with E-state index in [2.05, 4.69) is 6.58 Å². The van der Waals surface area contributed by atoms with Crippen molar-refractivity contribution in [2.45, 2.75) is 20.8 Å². The first-order valence-electron chi connectivity index (χ1n) is 5.88. The molecule has 0 saturated heterocycles. The first-order chi connectivity index (χ1) is 9.40. The van der Waals surface area contributed by atoms with Crippen LogP contribution >= 0.6 is 11.3 Å². The molecule has 5 heteroatoms. The molecule has 0 aliphatic heterocycles. The molecule has 0 atom stereocenters. The molecule has 0 bridgehead atoms. The fourth-order valence-electron chi connectivity index (χ4n) is 1.13. The van der Waals surface area contributed by atoms with Crippen LogP contribution in [0.4, 0.5) is 0 Å². The number of carbonyl (C=O) groups excluding carboxylic acids is 2. The quantitative estimate of drug-likeness (QED) is 0.358. The molecule has 1 aromatic heterocycles. The predicted molar refractivity (Wildman–Crippen MR) is 78.2 cm³/mol. The zero-order valence-electron chi connectivity index (χ0n) is 11.6. The van der Waals surface area contributed by atoms with Crippen molar-refractivity contribution >= 4 is 23.3 Å². The van der Waals surface area contributed by atoms with Crippen LogP contribution in [0.25, 0.3) is 0 Å². The van der Waals surface area contributed by atoms with Crippen molar-refractivity contribution in [2.75, 3.05) is 0 Å². The fourth-order valence-corrected chi connectivity index (χ4v) is 1.73. The molecule has 0 aliphatic carbocycles. The topological polar surface area (TPSA) is 52.6 Å². The summed E-state index contributed by atoms with van der Waals surface area (Å²) in [4.78, 5) is 23.5. The summed E-state index contributed by atoms with van der Waals surface area (Å²) in [6.07, 6.45) is 3.12. The Hall–Kier alpha value is -2.14. The highest BCUT2D eigenvalue weighted by Crippen LogP contribution is 2.12. The van der Waals surface area contributed by atoms with Crippen molar-refractivity contribution in [3.8, 4) is 0 Å². The van der Waals surface area contributed by atoms with Crippen molar-refractivity contribution in [1.29, 1.82) is 0 Å². The van der Waals surface area contributed by atoms with Gasteiger partial charge in [-0.05, 0) is 44.4 Å².